The summed E-state index contributed by atoms with van der Waals surface area (Å²) in [6.07, 6.45) is -1.36. The van der Waals surface area contributed by atoms with Gasteiger partial charge in [0.25, 0.3) is 0 Å². The van der Waals surface area contributed by atoms with Gasteiger partial charge in [0.05, 0.1) is 4.88 Å². The van der Waals surface area contributed by atoms with Crippen LogP contribution in [0.15, 0.2) is 6.58 Å². The summed E-state index contributed by atoms with van der Waals surface area (Å²) in [5, 5.41) is 18.1. The number of thiophene rings is 1. The summed E-state index contributed by atoms with van der Waals surface area (Å²) in [6.45, 7) is 9.65. The first kappa shape index (κ1) is 10.4. The van der Waals surface area contributed by atoms with Crippen LogP contribution in [-0.4, -0.2) is 10.2 Å². The lowest BCUT2D eigenvalue weighted by Gasteiger charge is -2.03. The van der Waals surface area contributed by atoms with E-state index in [1.165, 1.54) is 11.3 Å². The Kier molecular flexibility index (Phi) is 2.91. The summed E-state index contributed by atoms with van der Waals surface area (Å²) in [5.74, 6) is 0. The van der Waals surface area contributed by atoms with Gasteiger partial charge in [-0.25, -0.2) is 0 Å². The zero-order valence-electron chi connectivity index (χ0n) is 8.09. The molecule has 0 aliphatic heterocycles. The van der Waals surface area contributed by atoms with Gasteiger partial charge in [-0.05, 0) is 37.5 Å². The van der Waals surface area contributed by atoms with Crippen molar-refractivity contribution in [2.24, 2.45) is 0 Å². The molecule has 0 unspecified atom stereocenters. The highest BCUT2D eigenvalue weighted by atomic mass is 32.1. The number of aryl methyl sites for hydroxylation is 1. The number of rotatable bonds is 2. The van der Waals surface area contributed by atoms with E-state index in [2.05, 4.69) is 6.58 Å². The molecular formula is C10H14O2S. The Morgan fingerprint density at radius 2 is 1.92 bits per heavy atom. The van der Waals surface area contributed by atoms with Crippen molar-refractivity contribution in [1.29, 1.82) is 0 Å². The van der Waals surface area contributed by atoms with Crippen LogP contribution in [0.5, 0.6) is 0 Å². The molecule has 13 heavy (non-hydrogen) atoms. The van der Waals surface area contributed by atoms with Crippen LogP contribution in [0.3, 0.4) is 0 Å². The monoisotopic (exact) mass is 198 g/mol. The molecule has 0 saturated heterocycles. The van der Waals surface area contributed by atoms with Crippen molar-refractivity contribution in [3.63, 3.8) is 0 Å². The van der Waals surface area contributed by atoms with Gasteiger partial charge in [-0.1, -0.05) is 6.58 Å². The summed E-state index contributed by atoms with van der Waals surface area (Å²) in [4.78, 5) is 1.71. The number of aliphatic hydroxyl groups is 2. The predicted octanol–water partition coefficient (Wildman–Crippen LogP) is 2.38. The van der Waals surface area contributed by atoms with Gasteiger partial charge in [0.2, 0.25) is 0 Å². The van der Waals surface area contributed by atoms with Crippen molar-refractivity contribution in [2.45, 2.75) is 27.1 Å². The van der Waals surface area contributed by atoms with Crippen molar-refractivity contribution in [3.8, 4) is 0 Å². The third-order valence-corrected chi connectivity index (χ3v) is 3.27. The second-order valence-electron chi connectivity index (χ2n) is 3.18. The van der Waals surface area contributed by atoms with Gasteiger partial charge >= 0.3 is 0 Å². The zero-order chi connectivity index (χ0) is 10.2. The molecule has 0 fully saturated rings. The molecule has 1 aromatic rings. The van der Waals surface area contributed by atoms with Gasteiger partial charge < -0.3 is 10.2 Å². The number of hydrogen-bond acceptors (Lipinski definition) is 3. The molecule has 2 N–H and O–H groups in total. The van der Waals surface area contributed by atoms with E-state index >= 15 is 0 Å². The van der Waals surface area contributed by atoms with E-state index < -0.39 is 6.29 Å². The zero-order valence-corrected chi connectivity index (χ0v) is 8.90. The molecule has 0 aromatic carbocycles. The minimum absolute atomic E-state index is 0.621. The largest absolute Gasteiger partial charge is 0.364 e. The maximum Gasteiger partial charge on any atom is 0.188 e. The molecule has 0 radical (unpaired) electrons. The van der Waals surface area contributed by atoms with E-state index in [-0.39, 0.29) is 0 Å². The van der Waals surface area contributed by atoms with Gasteiger partial charge in [-0.3, -0.25) is 0 Å². The highest BCUT2D eigenvalue weighted by molar-refractivity contribution is 7.12. The van der Waals surface area contributed by atoms with Crippen LogP contribution in [0.2, 0.25) is 0 Å². The van der Waals surface area contributed by atoms with Crippen LogP contribution >= 0.6 is 11.3 Å². The van der Waals surface area contributed by atoms with E-state index in [1.54, 1.807) is 0 Å². The van der Waals surface area contributed by atoms with Gasteiger partial charge in [0.15, 0.2) is 6.29 Å². The van der Waals surface area contributed by atoms with Crippen molar-refractivity contribution in [2.75, 3.05) is 0 Å². The molecule has 3 heteroatoms. The number of allylic oxidation sites excluding steroid dienone is 1. The molecule has 1 aromatic heterocycles. The fourth-order valence-electron chi connectivity index (χ4n) is 1.55. The molecule has 0 amide bonds. The smallest absolute Gasteiger partial charge is 0.188 e. The normalized spacial score (nSPS) is 10.9. The molecule has 0 saturated carbocycles. The molecule has 72 valence electrons. The Balaban J connectivity index is 3.30. The van der Waals surface area contributed by atoms with Gasteiger partial charge in [-0.2, -0.15) is 0 Å². The Bertz CT molecular complexity index is 337. The van der Waals surface area contributed by atoms with Crippen LogP contribution in [0.4, 0.5) is 0 Å². The Labute approximate surface area is 82.2 Å². The van der Waals surface area contributed by atoms with Crippen molar-refractivity contribution >= 4 is 16.9 Å². The van der Waals surface area contributed by atoms with Crippen LogP contribution in [0.25, 0.3) is 5.57 Å². The molecule has 0 bridgehead atoms. The molecule has 0 aliphatic rings. The molecule has 0 atom stereocenters. The summed E-state index contributed by atoms with van der Waals surface area (Å²) in [5.41, 5.74) is 2.97. The second-order valence-corrected chi connectivity index (χ2v) is 4.43. The van der Waals surface area contributed by atoms with Crippen LogP contribution in [-0.2, 0) is 0 Å². The first-order valence-corrected chi connectivity index (χ1v) is 4.88. The maximum absolute atomic E-state index is 9.06. The third kappa shape index (κ3) is 1.82. The van der Waals surface area contributed by atoms with E-state index in [0.717, 1.165) is 21.6 Å². The van der Waals surface area contributed by atoms with Crippen LogP contribution in [0, 0.1) is 13.8 Å². The van der Waals surface area contributed by atoms with Crippen molar-refractivity contribution < 1.29 is 10.2 Å². The first-order chi connectivity index (χ1) is 5.95. The van der Waals surface area contributed by atoms with Gasteiger partial charge in [0, 0.05) is 4.88 Å². The number of hydrogen-bond donors (Lipinski definition) is 2. The topological polar surface area (TPSA) is 40.5 Å². The summed E-state index contributed by atoms with van der Waals surface area (Å²) in [6, 6.07) is 0. The fraction of sp³-hybridized carbons (Fsp3) is 0.400. The minimum Gasteiger partial charge on any atom is -0.364 e. The SMILES string of the molecule is C=C(C)c1c(C)sc(C(O)O)c1C. The minimum atomic E-state index is -1.36. The van der Waals surface area contributed by atoms with Crippen LogP contribution < -0.4 is 0 Å². The highest BCUT2D eigenvalue weighted by Crippen LogP contribution is 2.34. The van der Waals surface area contributed by atoms with Gasteiger partial charge in [0.1, 0.15) is 0 Å². The average molecular weight is 198 g/mol. The van der Waals surface area contributed by atoms with Crippen molar-refractivity contribution in [1.82, 2.24) is 0 Å². The third-order valence-electron chi connectivity index (χ3n) is 2.02. The summed E-state index contributed by atoms with van der Waals surface area (Å²) in [7, 11) is 0. The summed E-state index contributed by atoms with van der Waals surface area (Å²) < 4.78 is 0. The molecule has 1 heterocycles. The molecule has 0 aliphatic carbocycles. The fourth-order valence-corrected chi connectivity index (χ4v) is 2.67. The maximum atomic E-state index is 9.06. The van der Waals surface area contributed by atoms with E-state index in [0.29, 0.717) is 4.88 Å². The van der Waals surface area contributed by atoms with E-state index in [4.69, 9.17) is 10.2 Å². The quantitative estimate of drug-likeness (QED) is 0.716. The standard InChI is InChI=1S/C10H14O2S/c1-5(2)8-6(3)9(10(11)12)13-7(8)4/h10-12H,1H2,2-4H3. The molecular weight excluding hydrogens is 184 g/mol. The van der Waals surface area contributed by atoms with Crippen molar-refractivity contribution in [3.05, 3.63) is 27.5 Å². The Hall–Kier alpha value is -0.640. The first-order valence-electron chi connectivity index (χ1n) is 4.07. The predicted molar refractivity (Wildman–Crippen MR) is 55.7 cm³/mol. The number of aliphatic hydroxyl groups excluding tert-OH is 1. The lowest BCUT2D eigenvalue weighted by molar-refractivity contribution is -0.0399. The molecule has 2 nitrogen and oxygen atoms in total. The Morgan fingerprint density at radius 3 is 2.15 bits per heavy atom. The lowest BCUT2D eigenvalue weighted by atomic mass is 10.0. The molecule has 1 rings (SSSR count). The molecule has 0 spiro atoms. The second kappa shape index (κ2) is 3.62. The van der Waals surface area contributed by atoms with Crippen LogP contribution in [0.1, 0.15) is 34.1 Å². The summed E-state index contributed by atoms with van der Waals surface area (Å²) >= 11 is 1.42. The van der Waals surface area contributed by atoms with Gasteiger partial charge in [-0.15, -0.1) is 11.3 Å². The highest BCUT2D eigenvalue weighted by Gasteiger charge is 2.16. The van der Waals surface area contributed by atoms with E-state index in [1.807, 2.05) is 20.8 Å². The Morgan fingerprint density at radius 1 is 1.38 bits per heavy atom. The van der Waals surface area contributed by atoms with E-state index in [9.17, 15) is 0 Å². The lowest BCUT2D eigenvalue weighted by Crippen LogP contribution is -1.93. The average Bonchev–Trinajstić information content (AvgIpc) is 2.26.